The predicted octanol–water partition coefficient (Wildman–Crippen LogP) is 0.881. The van der Waals surface area contributed by atoms with Crippen LogP contribution in [0.1, 0.15) is 0 Å². The summed E-state index contributed by atoms with van der Waals surface area (Å²) in [5.41, 5.74) is 0. The monoisotopic (exact) mass is 278 g/mol. The van der Waals surface area contributed by atoms with Gasteiger partial charge in [0.15, 0.2) is 0 Å². The molecule has 0 spiro atoms. The van der Waals surface area contributed by atoms with Gasteiger partial charge in [-0.2, -0.15) is 0 Å². The second kappa shape index (κ2) is 4.19. The van der Waals surface area contributed by atoms with E-state index in [1.165, 1.54) is 0 Å². The van der Waals surface area contributed by atoms with Gasteiger partial charge in [-0.3, -0.25) is 0 Å². The van der Waals surface area contributed by atoms with Gasteiger partial charge < -0.3 is 0 Å². The Kier molecular flexibility index (Phi) is 5.44. The third-order valence-electron chi connectivity index (χ3n) is 0.0238. The Hall–Kier alpha value is 1.19. The van der Waals surface area contributed by atoms with Crippen molar-refractivity contribution in [2.45, 2.75) is 0 Å². The molecule has 1 nitrogen and oxygen atoms in total. The summed E-state index contributed by atoms with van der Waals surface area (Å²) in [5, 5.41) is 0. The first-order valence-electron chi connectivity index (χ1n) is 0.482. The van der Waals surface area contributed by atoms with Crippen LogP contribution in [0.5, 0.6) is 0 Å². The zero-order chi connectivity index (χ0) is 3.41. The molecule has 4 heteroatoms. The molecule has 0 aromatic rings. The first-order chi connectivity index (χ1) is 1.91. The Morgan fingerprint density at radius 1 is 1.75 bits per heavy atom. The SMILES string of the molecule is Cl[NH][Ir][Cl]. The van der Waals surface area contributed by atoms with Gasteiger partial charge in [0.05, 0.1) is 0 Å². The molecule has 0 unspecified atom stereocenters. The summed E-state index contributed by atoms with van der Waals surface area (Å²) in [6, 6.07) is 0. The van der Waals surface area contributed by atoms with Gasteiger partial charge in [-0.05, 0) is 0 Å². The van der Waals surface area contributed by atoms with E-state index in [-0.39, 0.29) is 0 Å². The molecule has 0 aromatic heterocycles. The molecule has 1 N–H and O–H groups in total. The zero-order valence-corrected chi connectivity index (χ0v) is 5.50. The van der Waals surface area contributed by atoms with E-state index >= 15 is 0 Å². The first-order valence-corrected chi connectivity index (χ1v) is 5.02. The number of hydrogen-bond donors (Lipinski definition) is 1. The second-order valence-corrected chi connectivity index (χ2v) is 3.09. The normalized spacial score (nSPS) is 8.50. The number of nitrogens with one attached hydrogen (secondary N) is 1. The van der Waals surface area contributed by atoms with Crippen LogP contribution in [0.15, 0.2) is 0 Å². The predicted molar refractivity (Wildman–Crippen MR) is 14.8 cm³/mol. The van der Waals surface area contributed by atoms with Crippen LogP contribution in [0.3, 0.4) is 0 Å². The standard InChI is InChI=1S/ClHN.ClH.Ir/c1-2;;/h2H;1H;/q-1;;+2/p-1. The average molecular weight is 278 g/mol. The molecule has 0 aliphatic carbocycles. The van der Waals surface area contributed by atoms with Crippen LogP contribution >= 0.6 is 21.4 Å². The van der Waals surface area contributed by atoms with Gasteiger partial charge in [0.25, 0.3) is 0 Å². The Morgan fingerprint density at radius 2 is 2.00 bits per heavy atom. The molecule has 0 bridgehead atoms. The molecule has 0 saturated heterocycles. The Balaban J connectivity index is 1.97. The maximum absolute atomic E-state index is 5.07. The fraction of sp³-hybridized carbons (Fsp3) is 0. The minimum absolute atomic E-state index is 0.498. The van der Waals surface area contributed by atoms with Crippen molar-refractivity contribution < 1.29 is 16.9 Å². The topological polar surface area (TPSA) is 12.0 Å². The fourth-order valence-electron chi connectivity index (χ4n) is 0. The maximum atomic E-state index is 5.07. The third-order valence-corrected chi connectivity index (χ3v) is 1.75. The molecule has 0 saturated carbocycles. The summed E-state index contributed by atoms with van der Waals surface area (Å²) in [7, 11) is 5.07. The van der Waals surface area contributed by atoms with E-state index in [0.717, 1.165) is 0 Å². The number of rotatable bonds is 1. The molecule has 4 heavy (non-hydrogen) atoms. The first kappa shape index (κ1) is 5.19. The van der Waals surface area contributed by atoms with Gasteiger partial charge in [-0.25, -0.2) is 0 Å². The van der Waals surface area contributed by atoms with Crippen molar-refractivity contribution in [1.29, 1.82) is 0 Å². The second-order valence-electron chi connectivity index (χ2n) is 0.126. The molecule has 0 aliphatic rings. The van der Waals surface area contributed by atoms with Gasteiger partial charge in [-0.15, -0.1) is 0 Å². The fourth-order valence-corrected chi connectivity index (χ4v) is 0. The van der Waals surface area contributed by atoms with E-state index in [1.54, 1.807) is 0 Å². The van der Waals surface area contributed by atoms with Crippen molar-refractivity contribution in [1.82, 2.24) is 3.51 Å². The van der Waals surface area contributed by atoms with E-state index in [4.69, 9.17) is 21.4 Å². The van der Waals surface area contributed by atoms with E-state index in [2.05, 4.69) is 3.51 Å². The van der Waals surface area contributed by atoms with Gasteiger partial charge in [0, 0.05) is 0 Å². The van der Waals surface area contributed by atoms with Crippen LogP contribution in [0.4, 0.5) is 0 Å². The Bertz CT molecular complexity index is 8.00. The molecule has 0 amide bonds. The Morgan fingerprint density at radius 3 is 2.00 bits per heavy atom. The molecular formula is HCl2IrN. The van der Waals surface area contributed by atoms with E-state index in [0.29, 0.717) is 0 Å². The molecule has 0 fully saturated rings. The van der Waals surface area contributed by atoms with E-state index < -0.39 is 16.9 Å². The van der Waals surface area contributed by atoms with Crippen LogP contribution in [0.2, 0.25) is 0 Å². The molecule has 0 aromatic carbocycles. The van der Waals surface area contributed by atoms with Gasteiger partial charge >= 0.3 is 41.8 Å². The van der Waals surface area contributed by atoms with E-state index in [1.807, 2.05) is 0 Å². The van der Waals surface area contributed by atoms with Crippen LogP contribution in [0, 0.1) is 0 Å². The van der Waals surface area contributed by atoms with E-state index in [9.17, 15) is 0 Å². The van der Waals surface area contributed by atoms with Crippen molar-refractivity contribution in [3.63, 3.8) is 0 Å². The quantitative estimate of drug-likeness (QED) is 0.702. The van der Waals surface area contributed by atoms with Crippen molar-refractivity contribution in [3.05, 3.63) is 0 Å². The average Bonchev–Trinajstić information content (AvgIpc) is 1.37. The molecule has 0 atom stereocenters. The van der Waals surface area contributed by atoms with Crippen LogP contribution in [-0.4, -0.2) is 0 Å². The number of halogens is 2. The van der Waals surface area contributed by atoms with Crippen molar-refractivity contribution in [2.75, 3.05) is 0 Å². The van der Waals surface area contributed by atoms with Crippen molar-refractivity contribution in [2.24, 2.45) is 0 Å². The molecule has 0 radical (unpaired) electrons. The van der Waals surface area contributed by atoms with Crippen LogP contribution in [-0.2, 0) is 16.9 Å². The van der Waals surface area contributed by atoms with Gasteiger partial charge in [0.1, 0.15) is 0 Å². The number of hydrogen-bond acceptors (Lipinski definition) is 1. The summed E-state index contributed by atoms with van der Waals surface area (Å²) in [5.74, 6) is 0. The van der Waals surface area contributed by atoms with Crippen LogP contribution in [0.25, 0.3) is 0 Å². The summed E-state index contributed by atoms with van der Waals surface area (Å²) in [6.07, 6.45) is 0. The van der Waals surface area contributed by atoms with Gasteiger partial charge in [0.2, 0.25) is 0 Å². The summed E-state index contributed by atoms with van der Waals surface area (Å²) in [6.45, 7) is 0. The third kappa shape index (κ3) is 3.19. The van der Waals surface area contributed by atoms with Crippen molar-refractivity contribution in [3.8, 4) is 0 Å². The summed E-state index contributed by atoms with van der Waals surface area (Å²) >= 11 is 4.36. The van der Waals surface area contributed by atoms with Crippen molar-refractivity contribution >= 4 is 21.4 Å². The van der Waals surface area contributed by atoms with Crippen LogP contribution < -0.4 is 3.51 Å². The Labute approximate surface area is 42.0 Å². The van der Waals surface area contributed by atoms with Gasteiger partial charge in [-0.1, -0.05) is 0 Å². The summed E-state index contributed by atoms with van der Waals surface area (Å²) < 4.78 is 2.29. The molecule has 0 heterocycles. The molecular weight excluding hydrogens is 277 g/mol. The molecule has 0 aliphatic heterocycles. The molecule has 0 rings (SSSR count). The molecule has 29 valence electrons. The zero-order valence-electron chi connectivity index (χ0n) is 1.59. The summed E-state index contributed by atoms with van der Waals surface area (Å²) in [4.78, 5) is 0. The minimum atomic E-state index is -0.498.